The maximum atomic E-state index is 13.0. The molecule has 0 radical (unpaired) electrons. The maximum Gasteiger partial charge on any atom is 0.317 e. The summed E-state index contributed by atoms with van der Waals surface area (Å²) < 4.78 is 5.29. The van der Waals surface area contributed by atoms with Crippen molar-refractivity contribution < 1.29 is 14.3 Å². The second-order valence-corrected chi connectivity index (χ2v) is 7.65. The average molecular weight is 357 g/mol. The van der Waals surface area contributed by atoms with Crippen LogP contribution in [0.5, 0.6) is 5.75 Å². The Hall–Kier alpha value is -2.24. The van der Waals surface area contributed by atoms with Gasteiger partial charge in [-0.2, -0.15) is 0 Å². The van der Waals surface area contributed by atoms with Gasteiger partial charge in [-0.15, -0.1) is 0 Å². The molecule has 0 aromatic heterocycles. The molecule has 140 valence electrons. The summed E-state index contributed by atoms with van der Waals surface area (Å²) in [6.07, 6.45) is 4.80. The van der Waals surface area contributed by atoms with E-state index in [0.29, 0.717) is 19.1 Å². The number of nitrogens with one attached hydrogen (secondary N) is 1. The molecule has 3 aliphatic rings. The normalized spacial score (nSPS) is 22.6. The van der Waals surface area contributed by atoms with Crippen molar-refractivity contribution in [1.82, 2.24) is 15.1 Å². The Kier molecular flexibility index (Phi) is 4.74. The van der Waals surface area contributed by atoms with Crippen LogP contribution in [0.1, 0.15) is 36.8 Å². The number of nitrogens with zero attached hydrogens (tertiary/aromatic N) is 2. The molecular weight excluding hydrogens is 330 g/mol. The van der Waals surface area contributed by atoms with Gasteiger partial charge < -0.3 is 19.9 Å². The number of urea groups is 1. The van der Waals surface area contributed by atoms with Crippen LogP contribution in [0, 0.1) is 5.92 Å². The second-order valence-electron chi connectivity index (χ2n) is 7.65. The Morgan fingerprint density at radius 2 is 1.96 bits per heavy atom. The molecule has 1 saturated carbocycles. The lowest BCUT2D eigenvalue weighted by molar-refractivity contribution is -0.137. The number of methoxy groups -OCH3 is 1. The van der Waals surface area contributed by atoms with E-state index in [0.717, 1.165) is 50.9 Å². The third kappa shape index (κ3) is 3.64. The van der Waals surface area contributed by atoms with Gasteiger partial charge in [0.2, 0.25) is 5.91 Å². The number of carbonyl (C=O) groups is 2. The summed E-state index contributed by atoms with van der Waals surface area (Å²) in [6, 6.07) is 6.44. The highest BCUT2D eigenvalue weighted by Gasteiger charge is 2.34. The number of piperidine rings is 1. The number of carbonyl (C=O) groups excluding carboxylic acids is 2. The summed E-state index contributed by atoms with van der Waals surface area (Å²) >= 11 is 0. The molecule has 0 bridgehead atoms. The van der Waals surface area contributed by atoms with Crippen LogP contribution < -0.4 is 10.1 Å². The van der Waals surface area contributed by atoms with Gasteiger partial charge in [0.1, 0.15) is 5.75 Å². The largest absolute Gasteiger partial charge is 0.497 e. The van der Waals surface area contributed by atoms with E-state index in [1.54, 1.807) is 7.11 Å². The minimum absolute atomic E-state index is 0.00100. The van der Waals surface area contributed by atoms with Crippen molar-refractivity contribution in [1.29, 1.82) is 0 Å². The van der Waals surface area contributed by atoms with E-state index < -0.39 is 0 Å². The summed E-state index contributed by atoms with van der Waals surface area (Å²) in [5.41, 5.74) is 2.46. The second kappa shape index (κ2) is 7.17. The van der Waals surface area contributed by atoms with Crippen LogP contribution in [0.4, 0.5) is 4.79 Å². The molecule has 6 nitrogen and oxygen atoms in total. The zero-order valence-electron chi connectivity index (χ0n) is 15.4. The molecule has 1 aromatic carbocycles. The fourth-order valence-corrected chi connectivity index (χ4v) is 3.96. The van der Waals surface area contributed by atoms with Gasteiger partial charge in [-0.25, -0.2) is 4.79 Å². The summed E-state index contributed by atoms with van der Waals surface area (Å²) in [5.74, 6) is 0.983. The number of ether oxygens (including phenoxy) is 1. The van der Waals surface area contributed by atoms with Gasteiger partial charge in [0.15, 0.2) is 0 Å². The quantitative estimate of drug-likeness (QED) is 0.902. The van der Waals surface area contributed by atoms with Crippen LogP contribution >= 0.6 is 0 Å². The summed E-state index contributed by atoms with van der Waals surface area (Å²) in [7, 11) is 1.68. The van der Waals surface area contributed by atoms with Crippen LogP contribution in [0.3, 0.4) is 0 Å². The lowest BCUT2D eigenvalue weighted by Crippen LogP contribution is -2.50. The molecule has 1 aromatic rings. The average Bonchev–Trinajstić information content (AvgIpc) is 3.50. The first kappa shape index (κ1) is 17.2. The Morgan fingerprint density at radius 3 is 2.73 bits per heavy atom. The molecule has 1 saturated heterocycles. The zero-order valence-corrected chi connectivity index (χ0v) is 15.4. The summed E-state index contributed by atoms with van der Waals surface area (Å²) in [5, 5.41) is 3.04. The molecule has 1 atom stereocenters. The number of hydrogen-bond acceptors (Lipinski definition) is 3. The van der Waals surface area contributed by atoms with Crippen LogP contribution in [0.25, 0.3) is 0 Å². The molecule has 2 heterocycles. The molecule has 6 heteroatoms. The predicted octanol–water partition coefficient (Wildman–Crippen LogP) is 2.16. The van der Waals surface area contributed by atoms with Crippen LogP contribution in [-0.2, 0) is 17.8 Å². The third-order valence-electron chi connectivity index (χ3n) is 5.70. The van der Waals surface area contributed by atoms with Crippen molar-refractivity contribution in [3.8, 4) is 5.75 Å². The number of rotatable bonds is 3. The Bertz CT molecular complexity index is 702. The summed E-state index contributed by atoms with van der Waals surface area (Å²) in [6.45, 7) is 2.70. The van der Waals surface area contributed by atoms with E-state index >= 15 is 0 Å². The number of likely N-dealkylation sites (tertiary alicyclic amines) is 1. The standard InChI is InChI=1S/C20H27N3O3/c1-26-18-7-4-15-12-22(10-8-14(15)11-18)19(24)16-3-2-9-23(13-16)20(25)21-17-5-6-17/h4,7,11,16-17H,2-3,5-6,8-10,12-13H2,1H3,(H,21,25). The first-order valence-electron chi connectivity index (χ1n) is 9.64. The third-order valence-corrected chi connectivity index (χ3v) is 5.70. The molecule has 0 spiro atoms. The van der Waals surface area contributed by atoms with Crippen molar-refractivity contribution in [2.24, 2.45) is 5.92 Å². The Morgan fingerprint density at radius 1 is 1.12 bits per heavy atom. The van der Waals surface area contributed by atoms with Gasteiger partial charge in [0.05, 0.1) is 13.0 Å². The molecule has 1 N–H and O–H groups in total. The SMILES string of the molecule is COc1ccc2c(c1)CCN(C(=O)C1CCCN(C(=O)NC3CC3)C1)C2. The molecule has 1 unspecified atom stereocenters. The fraction of sp³-hybridized carbons (Fsp3) is 0.600. The van der Waals surface area contributed by atoms with Gasteiger partial charge in [0, 0.05) is 32.2 Å². The number of benzene rings is 1. The van der Waals surface area contributed by atoms with Gasteiger partial charge in [-0.05, 0) is 55.4 Å². The van der Waals surface area contributed by atoms with E-state index in [4.69, 9.17) is 4.74 Å². The smallest absolute Gasteiger partial charge is 0.317 e. The van der Waals surface area contributed by atoms with Crippen molar-refractivity contribution in [2.45, 2.75) is 44.7 Å². The number of amides is 3. The highest BCUT2D eigenvalue weighted by Crippen LogP contribution is 2.27. The minimum atomic E-state index is -0.0755. The molecule has 4 rings (SSSR count). The van der Waals surface area contributed by atoms with Crippen LogP contribution in [0.2, 0.25) is 0 Å². The highest BCUT2D eigenvalue weighted by molar-refractivity contribution is 5.81. The molecule has 1 aliphatic carbocycles. The van der Waals surface area contributed by atoms with Crippen LogP contribution in [-0.4, -0.2) is 54.5 Å². The van der Waals surface area contributed by atoms with Gasteiger partial charge >= 0.3 is 6.03 Å². The molecule has 2 aliphatic heterocycles. The molecular formula is C20H27N3O3. The van der Waals surface area contributed by atoms with E-state index in [9.17, 15) is 9.59 Å². The van der Waals surface area contributed by atoms with Gasteiger partial charge in [0.25, 0.3) is 0 Å². The minimum Gasteiger partial charge on any atom is -0.497 e. The highest BCUT2D eigenvalue weighted by atomic mass is 16.5. The van der Waals surface area contributed by atoms with Gasteiger partial charge in [-0.1, -0.05) is 6.07 Å². The summed E-state index contributed by atoms with van der Waals surface area (Å²) in [4.78, 5) is 29.1. The Labute approximate surface area is 154 Å². The first-order valence-corrected chi connectivity index (χ1v) is 9.64. The van der Waals surface area contributed by atoms with Gasteiger partial charge in [-0.3, -0.25) is 4.79 Å². The van der Waals surface area contributed by atoms with Crippen molar-refractivity contribution in [3.05, 3.63) is 29.3 Å². The van der Waals surface area contributed by atoms with E-state index in [1.165, 1.54) is 11.1 Å². The fourth-order valence-electron chi connectivity index (χ4n) is 3.96. The van der Waals surface area contributed by atoms with E-state index in [1.807, 2.05) is 15.9 Å². The monoisotopic (exact) mass is 357 g/mol. The van der Waals surface area contributed by atoms with Crippen molar-refractivity contribution >= 4 is 11.9 Å². The number of fused-ring (bicyclic) bond motifs is 1. The van der Waals surface area contributed by atoms with Crippen molar-refractivity contribution in [2.75, 3.05) is 26.7 Å². The zero-order chi connectivity index (χ0) is 18.1. The predicted molar refractivity (Wildman–Crippen MR) is 98.0 cm³/mol. The lowest BCUT2D eigenvalue weighted by atomic mass is 9.94. The first-order chi connectivity index (χ1) is 12.6. The number of hydrogen-bond donors (Lipinski definition) is 1. The molecule has 2 fully saturated rings. The van der Waals surface area contributed by atoms with E-state index in [-0.39, 0.29) is 17.9 Å². The lowest BCUT2D eigenvalue weighted by Gasteiger charge is -2.36. The van der Waals surface area contributed by atoms with Crippen LogP contribution in [0.15, 0.2) is 18.2 Å². The van der Waals surface area contributed by atoms with Crippen molar-refractivity contribution in [3.63, 3.8) is 0 Å². The maximum absolute atomic E-state index is 13.0. The topological polar surface area (TPSA) is 61.9 Å². The Balaban J connectivity index is 1.38. The molecule has 3 amide bonds. The van der Waals surface area contributed by atoms with E-state index in [2.05, 4.69) is 17.4 Å². The molecule has 26 heavy (non-hydrogen) atoms.